The summed E-state index contributed by atoms with van der Waals surface area (Å²) in [5.74, 6) is 0.287. The van der Waals surface area contributed by atoms with Crippen molar-refractivity contribution in [3.05, 3.63) is 22.4 Å². The van der Waals surface area contributed by atoms with Gasteiger partial charge in [0.2, 0.25) is 10.0 Å². The van der Waals surface area contributed by atoms with Gasteiger partial charge in [0.05, 0.1) is 12.6 Å². The van der Waals surface area contributed by atoms with Crippen LogP contribution in [0.25, 0.3) is 0 Å². The van der Waals surface area contributed by atoms with Gasteiger partial charge < -0.3 is 0 Å². The summed E-state index contributed by atoms with van der Waals surface area (Å²) in [5, 5.41) is 3.03. The molecule has 1 fully saturated rings. The van der Waals surface area contributed by atoms with Crippen molar-refractivity contribution >= 4 is 21.4 Å². The number of hydrogen-bond donors (Lipinski definition) is 1. The van der Waals surface area contributed by atoms with E-state index < -0.39 is 15.3 Å². The lowest BCUT2D eigenvalue weighted by atomic mass is 10.2. The van der Waals surface area contributed by atoms with Crippen molar-refractivity contribution in [3.8, 4) is 0 Å². The van der Waals surface area contributed by atoms with Gasteiger partial charge in [-0.3, -0.25) is 4.84 Å². The van der Waals surface area contributed by atoms with E-state index in [4.69, 9.17) is 4.84 Å². The van der Waals surface area contributed by atoms with Crippen LogP contribution in [0, 0.1) is 5.92 Å². The molecule has 5 nitrogen and oxygen atoms in total. The van der Waals surface area contributed by atoms with E-state index in [0.717, 1.165) is 4.88 Å². The number of sulfonamides is 1. The molecule has 7 heteroatoms. The summed E-state index contributed by atoms with van der Waals surface area (Å²) in [6, 6.07) is 3.65. The summed E-state index contributed by atoms with van der Waals surface area (Å²) >= 11 is 1.55. The highest BCUT2D eigenvalue weighted by Crippen LogP contribution is 2.35. The van der Waals surface area contributed by atoms with Gasteiger partial charge >= 0.3 is 0 Å². The van der Waals surface area contributed by atoms with Crippen LogP contribution in [0.15, 0.2) is 17.5 Å². The summed E-state index contributed by atoms with van der Waals surface area (Å²) in [6.45, 7) is 4.62. The number of hydroxylamine groups is 2. The number of nitrogens with one attached hydrogen (secondary N) is 1. The molecule has 1 aliphatic heterocycles. The number of nitrogens with zero attached hydrogens (tertiary/aromatic N) is 1. The maximum atomic E-state index is 12.4. The molecule has 2 unspecified atom stereocenters. The van der Waals surface area contributed by atoms with Gasteiger partial charge in [-0.2, -0.15) is 5.06 Å². The van der Waals surface area contributed by atoms with Crippen LogP contribution >= 0.6 is 11.3 Å². The monoisotopic (exact) mass is 304 g/mol. The zero-order valence-electron chi connectivity index (χ0n) is 11.4. The third kappa shape index (κ3) is 3.35. The van der Waals surface area contributed by atoms with E-state index in [-0.39, 0.29) is 18.6 Å². The summed E-state index contributed by atoms with van der Waals surface area (Å²) in [5.41, 5.74) is 0. The molecule has 0 bridgehead atoms. The fraction of sp³-hybridized carbons (Fsp3) is 0.667. The second-order valence-corrected chi connectivity index (χ2v) is 8.09. The van der Waals surface area contributed by atoms with Gasteiger partial charge in [-0.05, 0) is 17.4 Å². The fourth-order valence-corrected chi connectivity index (χ4v) is 4.75. The van der Waals surface area contributed by atoms with Crippen LogP contribution in [-0.4, -0.2) is 38.9 Å². The predicted octanol–water partition coefficient (Wildman–Crippen LogP) is 1.61. The first-order chi connectivity index (χ1) is 8.92. The molecule has 0 amide bonds. The van der Waals surface area contributed by atoms with E-state index in [1.165, 1.54) is 0 Å². The maximum absolute atomic E-state index is 12.4. The molecule has 0 aliphatic carbocycles. The van der Waals surface area contributed by atoms with E-state index in [0.29, 0.717) is 6.54 Å². The van der Waals surface area contributed by atoms with Gasteiger partial charge in [-0.1, -0.05) is 19.9 Å². The molecule has 0 radical (unpaired) electrons. The number of thiophene rings is 1. The molecule has 2 rings (SSSR count). The summed E-state index contributed by atoms with van der Waals surface area (Å²) in [7, 11) is -1.59. The number of hydrogen-bond acceptors (Lipinski definition) is 5. The topological polar surface area (TPSA) is 58.6 Å². The molecule has 0 saturated carbocycles. The van der Waals surface area contributed by atoms with Gasteiger partial charge in [0.25, 0.3) is 0 Å². The van der Waals surface area contributed by atoms with E-state index in [1.54, 1.807) is 23.4 Å². The molecular formula is C12H20N2O3S2. The molecular weight excluding hydrogens is 284 g/mol. The lowest BCUT2D eigenvalue weighted by Gasteiger charge is -2.21. The third-order valence-electron chi connectivity index (χ3n) is 3.11. The first-order valence-corrected chi connectivity index (χ1v) is 8.72. The molecule has 2 heterocycles. The van der Waals surface area contributed by atoms with E-state index in [1.807, 2.05) is 31.4 Å². The molecule has 1 aromatic rings. The minimum atomic E-state index is -3.37. The zero-order valence-corrected chi connectivity index (χ0v) is 13.0. The molecule has 0 spiro atoms. The molecule has 0 aromatic carbocycles. The van der Waals surface area contributed by atoms with E-state index >= 15 is 0 Å². The van der Waals surface area contributed by atoms with Crippen molar-refractivity contribution in [3.63, 3.8) is 0 Å². The maximum Gasteiger partial charge on any atom is 0.218 e. The Kier molecular flexibility index (Phi) is 4.62. The normalized spacial score (nSPS) is 25.3. The molecule has 1 aliphatic rings. The largest absolute Gasteiger partial charge is 0.297 e. The highest BCUT2D eigenvalue weighted by molar-refractivity contribution is 7.90. The highest BCUT2D eigenvalue weighted by atomic mass is 32.2. The molecule has 1 N–H and O–H groups in total. The van der Waals surface area contributed by atoms with Crippen molar-refractivity contribution in [2.75, 3.05) is 20.2 Å². The number of rotatable bonds is 5. The van der Waals surface area contributed by atoms with Crippen molar-refractivity contribution in [1.29, 1.82) is 0 Å². The summed E-state index contributed by atoms with van der Waals surface area (Å²) in [4.78, 5) is 6.43. The van der Waals surface area contributed by atoms with Crippen molar-refractivity contribution < 1.29 is 13.3 Å². The predicted molar refractivity (Wildman–Crippen MR) is 76.3 cm³/mol. The smallest absolute Gasteiger partial charge is 0.218 e. The quantitative estimate of drug-likeness (QED) is 0.898. The average molecular weight is 304 g/mol. The van der Waals surface area contributed by atoms with Crippen LogP contribution in [0.1, 0.15) is 24.8 Å². The lowest BCUT2D eigenvalue weighted by Crippen LogP contribution is -2.40. The van der Waals surface area contributed by atoms with E-state index in [2.05, 4.69) is 4.72 Å². The van der Waals surface area contributed by atoms with Gasteiger partial charge in [0, 0.05) is 18.5 Å². The lowest BCUT2D eigenvalue weighted by molar-refractivity contribution is -0.110. The fourth-order valence-electron chi connectivity index (χ4n) is 2.07. The zero-order chi connectivity index (χ0) is 14.0. The SMILES string of the molecule is CC(C)CNS(=O)(=O)C1CON(C)C1c1cccs1. The molecule has 108 valence electrons. The van der Waals surface area contributed by atoms with Gasteiger partial charge in [-0.25, -0.2) is 13.1 Å². The minimum absolute atomic E-state index is 0.201. The van der Waals surface area contributed by atoms with Crippen LogP contribution in [0.3, 0.4) is 0 Å². The van der Waals surface area contributed by atoms with Gasteiger partial charge in [0.15, 0.2) is 0 Å². The van der Waals surface area contributed by atoms with Crippen LogP contribution < -0.4 is 4.72 Å². The summed E-state index contributed by atoms with van der Waals surface area (Å²) in [6.07, 6.45) is 0. The Bertz CT molecular complexity index is 499. The first kappa shape index (κ1) is 14.9. The van der Waals surface area contributed by atoms with E-state index in [9.17, 15) is 8.42 Å². The Morgan fingerprint density at radius 3 is 2.89 bits per heavy atom. The molecule has 19 heavy (non-hydrogen) atoms. The average Bonchev–Trinajstić information content (AvgIpc) is 2.95. The minimum Gasteiger partial charge on any atom is -0.297 e. The summed E-state index contributed by atoms with van der Waals surface area (Å²) < 4.78 is 27.4. The highest BCUT2D eigenvalue weighted by Gasteiger charge is 2.43. The Morgan fingerprint density at radius 1 is 1.58 bits per heavy atom. The van der Waals surface area contributed by atoms with Crippen molar-refractivity contribution in [2.45, 2.75) is 25.1 Å². The second kappa shape index (κ2) is 5.88. The van der Waals surface area contributed by atoms with Crippen LogP contribution in [0.5, 0.6) is 0 Å². The van der Waals surface area contributed by atoms with Crippen LogP contribution in [-0.2, 0) is 14.9 Å². The Hall–Kier alpha value is -0.470. The standard InChI is InChI=1S/C12H20N2O3S2/c1-9(2)7-13-19(15,16)11-8-17-14(3)12(11)10-5-4-6-18-10/h4-6,9,11-13H,7-8H2,1-3H3. The van der Waals surface area contributed by atoms with Crippen molar-refractivity contribution in [2.24, 2.45) is 5.92 Å². The Balaban J connectivity index is 2.18. The molecule has 2 atom stereocenters. The molecule has 1 saturated heterocycles. The molecule has 1 aromatic heterocycles. The van der Waals surface area contributed by atoms with Gasteiger partial charge in [-0.15, -0.1) is 11.3 Å². The van der Waals surface area contributed by atoms with Crippen molar-refractivity contribution in [1.82, 2.24) is 9.79 Å². The van der Waals surface area contributed by atoms with Crippen LogP contribution in [0.4, 0.5) is 0 Å². The van der Waals surface area contributed by atoms with Crippen LogP contribution in [0.2, 0.25) is 0 Å². The second-order valence-electron chi connectivity index (χ2n) is 5.13. The first-order valence-electron chi connectivity index (χ1n) is 6.29. The Labute approximate surface area is 118 Å². The Morgan fingerprint density at radius 2 is 2.32 bits per heavy atom. The van der Waals surface area contributed by atoms with Gasteiger partial charge in [0.1, 0.15) is 5.25 Å². The third-order valence-corrected chi connectivity index (χ3v) is 5.82.